The molecule has 0 radical (unpaired) electrons. The molecule has 0 bridgehead atoms. The number of hydrogen-bond acceptors (Lipinski definition) is 4. The van der Waals surface area contributed by atoms with Gasteiger partial charge in [0.05, 0.1) is 4.88 Å². The molecule has 0 aromatic carbocycles. The number of rotatable bonds is 3. The highest BCUT2D eigenvalue weighted by Crippen LogP contribution is 2.32. The normalized spacial score (nSPS) is 10.6. The molecule has 0 unspecified atom stereocenters. The van der Waals surface area contributed by atoms with Crippen molar-refractivity contribution in [1.82, 2.24) is 9.97 Å². The standard InChI is InChI=1S/C12H14BrN3S/c1-4-9-7(2)11(14-3)16-12(15-9)10-8(13)5-6-17-10/h5-6H,4H2,1-3H3,(H,14,15,16). The molecule has 3 nitrogen and oxygen atoms in total. The van der Waals surface area contributed by atoms with Crippen LogP contribution in [0.4, 0.5) is 5.82 Å². The second kappa shape index (κ2) is 5.14. The lowest BCUT2D eigenvalue weighted by Crippen LogP contribution is -2.04. The van der Waals surface area contributed by atoms with Crippen LogP contribution in [0, 0.1) is 6.92 Å². The smallest absolute Gasteiger partial charge is 0.173 e. The summed E-state index contributed by atoms with van der Waals surface area (Å²) < 4.78 is 1.05. The molecule has 0 amide bonds. The van der Waals surface area contributed by atoms with Crippen LogP contribution >= 0.6 is 27.3 Å². The second-order valence-corrected chi connectivity index (χ2v) is 5.44. The first-order valence-electron chi connectivity index (χ1n) is 5.46. The monoisotopic (exact) mass is 311 g/mol. The van der Waals surface area contributed by atoms with E-state index in [2.05, 4.69) is 45.1 Å². The largest absolute Gasteiger partial charge is 0.373 e. The summed E-state index contributed by atoms with van der Waals surface area (Å²) in [4.78, 5) is 10.3. The van der Waals surface area contributed by atoms with Crippen molar-refractivity contribution in [2.45, 2.75) is 20.3 Å². The molecule has 1 N–H and O–H groups in total. The van der Waals surface area contributed by atoms with E-state index in [9.17, 15) is 0 Å². The molecule has 2 heterocycles. The minimum Gasteiger partial charge on any atom is -0.373 e. The van der Waals surface area contributed by atoms with Gasteiger partial charge in [-0.15, -0.1) is 11.3 Å². The van der Waals surface area contributed by atoms with E-state index in [1.807, 2.05) is 18.5 Å². The maximum atomic E-state index is 4.63. The number of hydrogen-bond donors (Lipinski definition) is 1. The van der Waals surface area contributed by atoms with Gasteiger partial charge in [-0.05, 0) is 40.7 Å². The van der Waals surface area contributed by atoms with Crippen molar-refractivity contribution in [2.24, 2.45) is 0 Å². The molecule has 0 saturated carbocycles. The summed E-state index contributed by atoms with van der Waals surface area (Å²) >= 11 is 5.17. The lowest BCUT2D eigenvalue weighted by Gasteiger charge is -2.10. The molecule has 0 saturated heterocycles. The highest BCUT2D eigenvalue weighted by molar-refractivity contribution is 9.10. The zero-order chi connectivity index (χ0) is 12.4. The van der Waals surface area contributed by atoms with Crippen molar-refractivity contribution < 1.29 is 0 Å². The highest BCUT2D eigenvalue weighted by atomic mass is 79.9. The highest BCUT2D eigenvalue weighted by Gasteiger charge is 2.13. The summed E-state index contributed by atoms with van der Waals surface area (Å²) in [6, 6.07) is 2.02. The number of halogens is 1. The van der Waals surface area contributed by atoms with Crippen LogP contribution in [0.15, 0.2) is 15.9 Å². The van der Waals surface area contributed by atoms with Crippen LogP contribution in [0.25, 0.3) is 10.7 Å². The van der Waals surface area contributed by atoms with E-state index in [1.165, 1.54) is 0 Å². The fourth-order valence-electron chi connectivity index (χ4n) is 1.71. The van der Waals surface area contributed by atoms with Gasteiger partial charge in [0, 0.05) is 22.8 Å². The molecule has 0 aliphatic carbocycles. The van der Waals surface area contributed by atoms with Crippen LogP contribution in [-0.4, -0.2) is 17.0 Å². The zero-order valence-corrected chi connectivity index (χ0v) is 12.4. The molecule has 0 aliphatic heterocycles. The van der Waals surface area contributed by atoms with Gasteiger partial charge in [0.1, 0.15) is 5.82 Å². The van der Waals surface area contributed by atoms with Gasteiger partial charge in [0.25, 0.3) is 0 Å². The van der Waals surface area contributed by atoms with Crippen molar-refractivity contribution >= 4 is 33.1 Å². The van der Waals surface area contributed by atoms with Crippen molar-refractivity contribution in [3.05, 3.63) is 27.2 Å². The molecule has 2 aromatic rings. The van der Waals surface area contributed by atoms with Crippen LogP contribution in [0.5, 0.6) is 0 Å². The Kier molecular flexibility index (Phi) is 3.79. The molecule has 5 heteroatoms. The maximum Gasteiger partial charge on any atom is 0.173 e. The number of nitrogens with zero attached hydrogens (tertiary/aromatic N) is 2. The molecule has 90 valence electrons. The Bertz CT molecular complexity index is 511. The molecule has 17 heavy (non-hydrogen) atoms. The van der Waals surface area contributed by atoms with E-state index < -0.39 is 0 Å². The molecule has 0 atom stereocenters. The minimum atomic E-state index is 0.790. The van der Waals surface area contributed by atoms with Crippen molar-refractivity contribution in [3.8, 4) is 10.7 Å². The third-order valence-corrected chi connectivity index (χ3v) is 4.47. The first kappa shape index (κ1) is 12.5. The summed E-state index contributed by atoms with van der Waals surface area (Å²) in [5, 5.41) is 5.17. The van der Waals surface area contributed by atoms with Gasteiger partial charge in [-0.2, -0.15) is 0 Å². The van der Waals surface area contributed by atoms with Crippen LogP contribution in [0.1, 0.15) is 18.2 Å². The SMILES string of the molecule is CCc1nc(-c2sccc2Br)nc(NC)c1C. The van der Waals surface area contributed by atoms with Gasteiger partial charge in [-0.3, -0.25) is 0 Å². The predicted octanol–water partition coefficient (Wildman–Crippen LogP) is 3.88. The number of thiophene rings is 1. The predicted molar refractivity (Wildman–Crippen MR) is 76.7 cm³/mol. The van der Waals surface area contributed by atoms with Gasteiger partial charge in [-0.1, -0.05) is 6.92 Å². The Morgan fingerprint density at radius 3 is 2.71 bits per heavy atom. The van der Waals surface area contributed by atoms with E-state index in [1.54, 1.807) is 11.3 Å². The van der Waals surface area contributed by atoms with E-state index in [4.69, 9.17) is 0 Å². The van der Waals surface area contributed by atoms with Gasteiger partial charge >= 0.3 is 0 Å². The Labute approximate surface area is 113 Å². The van der Waals surface area contributed by atoms with Crippen LogP contribution in [0.3, 0.4) is 0 Å². The van der Waals surface area contributed by atoms with Gasteiger partial charge in [0.15, 0.2) is 5.82 Å². The average molecular weight is 312 g/mol. The molecule has 2 rings (SSSR count). The Hall–Kier alpha value is -0.940. The maximum absolute atomic E-state index is 4.63. The lowest BCUT2D eigenvalue weighted by atomic mass is 10.2. The fraction of sp³-hybridized carbons (Fsp3) is 0.333. The first-order valence-corrected chi connectivity index (χ1v) is 7.13. The summed E-state index contributed by atoms with van der Waals surface area (Å²) in [5.41, 5.74) is 2.23. The summed E-state index contributed by atoms with van der Waals surface area (Å²) in [7, 11) is 1.89. The molecule has 0 fully saturated rings. The van der Waals surface area contributed by atoms with Gasteiger partial charge < -0.3 is 5.32 Å². The molecule has 0 aliphatic rings. The van der Waals surface area contributed by atoms with E-state index in [-0.39, 0.29) is 0 Å². The fourth-order valence-corrected chi connectivity index (χ4v) is 3.19. The van der Waals surface area contributed by atoms with Crippen molar-refractivity contribution in [1.29, 1.82) is 0 Å². The Morgan fingerprint density at radius 2 is 2.18 bits per heavy atom. The Morgan fingerprint density at radius 1 is 1.41 bits per heavy atom. The number of aryl methyl sites for hydroxylation is 1. The average Bonchev–Trinajstić information content (AvgIpc) is 2.76. The molecular weight excluding hydrogens is 298 g/mol. The van der Waals surface area contributed by atoms with Gasteiger partial charge in [0.2, 0.25) is 0 Å². The third kappa shape index (κ3) is 2.35. The van der Waals surface area contributed by atoms with Crippen LogP contribution in [-0.2, 0) is 6.42 Å². The number of nitrogens with one attached hydrogen (secondary N) is 1. The number of anilines is 1. The summed E-state index contributed by atoms with van der Waals surface area (Å²) in [5.74, 6) is 1.70. The minimum absolute atomic E-state index is 0.790. The zero-order valence-electron chi connectivity index (χ0n) is 10.0. The van der Waals surface area contributed by atoms with Gasteiger partial charge in [-0.25, -0.2) is 9.97 Å². The van der Waals surface area contributed by atoms with E-state index in [0.717, 1.165) is 38.7 Å². The van der Waals surface area contributed by atoms with Crippen molar-refractivity contribution in [2.75, 3.05) is 12.4 Å². The second-order valence-electron chi connectivity index (χ2n) is 3.67. The van der Waals surface area contributed by atoms with E-state index in [0.29, 0.717) is 0 Å². The van der Waals surface area contributed by atoms with Crippen molar-refractivity contribution in [3.63, 3.8) is 0 Å². The Balaban J connectivity index is 2.60. The van der Waals surface area contributed by atoms with Crippen LogP contribution in [0.2, 0.25) is 0 Å². The molecule has 2 aromatic heterocycles. The third-order valence-electron chi connectivity index (χ3n) is 2.64. The summed E-state index contributed by atoms with van der Waals surface area (Å²) in [6.45, 7) is 4.17. The lowest BCUT2D eigenvalue weighted by molar-refractivity contribution is 0.979. The summed E-state index contributed by atoms with van der Waals surface area (Å²) in [6.07, 6.45) is 0.916. The number of aromatic nitrogens is 2. The quantitative estimate of drug-likeness (QED) is 0.934. The molecule has 0 spiro atoms. The first-order chi connectivity index (χ1) is 8.17. The topological polar surface area (TPSA) is 37.8 Å². The molecular formula is C12H14BrN3S. The van der Waals surface area contributed by atoms with Crippen LogP contribution < -0.4 is 5.32 Å². The van der Waals surface area contributed by atoms with E-state index >= 15 is 0 Å².